The van der Waals surface area contributed by atoms with Gasteiger partial charge in [0.2, 0.25) is 11.8 Å². The minimum atomic E-state index is 0.492. The molecular weight excluding hydrogens is 252 g/mol. The monoisotopic (exact) mass is 266 g/mol. The van der Waals surface area contributed by atoms with Crippen LogP contribution >= 0.6 is 23.1 Å². The molecule has 1 atom stereocenters. The Hall–Kier alpha value is -0.810. The van der Waals surface area contributed by atoms with Crippen LogP contribution in [0.5, 0.6) is 0 Å². The van der Waals surface area contributed by atoms with E-state index < -0.39 is 0 Å². The molecule has 0 N–H and O–H groups in total. The van der Waals surface area contributed by atoms with E-state index in [4.69, 9.17) is 4.42 Å². The molecule has 1 aliphatic rings. The molecule has 0 amide bonds. The van der Waals surface area contributed by atoms with Crippen LogP contribution in [0.2, 0.25) is 0 Å². The summed E-state index contributed by atoms with van der Waals surface area (Å²) in [7, 11) is 0. The largest absolute Gasteiger partial charge is 0.424 e. The summed E-state index contributed by atoms with van der Waals surface area (Å²) in [5.41, 5.74) is 0. The second kappa shape index (κ2) is 4.82. The summed E-state index contributed by atoms with van der Waals surface area (Å²) in [6.07, 6.45) is 2.42. The third-order valence-corrected chi connectivity index (χ3v) is 5.18. The van der Waals surface area contributed by atoms with E-state index in [1.807, 2.05) is 11.8 Å². The molecule has 0 aromatic carbocycles. The van der Waals surface area contributed by atoms with Crippen LogP contribution in [-0.2, 0) is 5.75 Å². The lowest BCUT2D eigenvalue weighted by molar-refractivity contribution is 0.466. The standard InChI is InChI=1S/C12H14N2OS2/c1-8(10-3-2-6-16-10)17-7-11-13-14-12(15-11)9-4-5-9/h2-3,6,8-9H,4-5,7H2,1H3. The Morgan fingerprint density at radius 1 is 1.53 bits per heavy atom. The minimum Gasteiger partial charge on any atom is -0.424 e. The maximum absolute atomic E-state index is 5.64. The highest BCUT2D eigenvalue weighted by molar-refractivity contribution is 7.98. The van der Waals surface area contributed by atoms with Gasteiger partial charge in [-0.25, -0.2) is 0 Å². The van der Waals surface area contributed by atoms with Crippen LogP contribution in [0.3, 0.4) is 0 Å². The summed E-state index contributed by atoms with van der Waals surface area (Å²) < 4.78 is 5.64. The van der Waals surface area contributed by atoms with Crippen molar-refractivity contribution in [3.8, 4) is 0 Å². The lowest BCUT2D eigenvalue weighted by Gasteiger charge is -2.06. The number of aromatic nitrogens is 2. The van der Waals surface area contributed by atoms with Gasteiger partial charge in [0, 0.05) is 16.0 Å². The van der Waals surface area contributed by atoms with Crippen LogP contribution < -0.4 is 0 Å². The van der Waals surface area contributed by atoms with Gasteiger partial charge in [-0.2, -0.15) is 0 Å². The molecule has 1 saturated carbocycles. The Morgan fingerprint density at radius 3 is 3.12 bits per heavy atom. The maximum Gasteiger partial charge on any atom is 0.226 e. The van der Waals surface area contributed by atoms with Gasteiger partial charge >= 0.3 is 0 Å². The molecule has 2 aromatic rings. The molecule has 17 heavy (non-hydrogen) atoms. The zero-order valence-corrected chi connectivity index (χ0v) is 11.3. The fourth-order valence-corrected chi connectivity index (χ4v) is 3.41. The highest BCUT2D eigenvalue weighted by atomic mass is 32.2. The van der Waals surface area contributed by atoms with Crippen molar-refractivity contribution in [3.05, 3.63) is 34.2 Å². The van der Waals surface area contributed by atoms with Crippen molar-refractivity contribution < 1.29 is 4.42 Å². The van der Waals surface area contributed by atoms with Crippen LogP contribution in [-0.4, -0.2) is 10.2 Å². The van der Waals surface area contributed by atoms with Gasteiger partial charge in [-0.05, 0) is 31.2 Å². The summed E-state index contributed by atoms with van der Waals surface area (Å²) in [6, 6.07) is 4.26. The Bertz CT molecular complexity index is 476. The molecule has 3 nitrogen and oxygen atoms in total. The SMILES string of the molecule is CC(SCc1nnc(C2CC2)o1)c1cccs1. The predicted molar refractivity (Wildman–Crippen MR) is 70.3 cm³/mol. The van der Waals surface area contributed by atoms with Gasteiger partial charge in [-0.3, -0.25) is 0 Å². The van der Waals surface area contributed by atoms with Gasteiger partial charge < -0.3 is 4.42 Å². The van der Waals surface area contributed by atoms with E-state index in [1.54, 1.807) is 11.3 Å². The summed E-state index contributed by atoms with van der Waals surface area (Å²) in [5.74, 6) is 2.96. The summed E-state index contributed by atoms with van der Waals surface area (Å²) in [6.45, 7) is 2.22. The lowest BCUT2D eigenvalue weighted by Crippen LogP contribution is -1.86. The van der Waals surface area contributed by atoms with E-state index in [1.165, 1.54) is 17.7 Å². The second-order valence-corrected chi connectivity index (χ2v) is 6.59. The van der Waals surface area contributed by atoms with Crippen LogP contribution in [0.1, 0.15) is 47.6 Å². The van der Waals surface area contributed by atoms with Gasteiger partial charge in [0.1, 0.15) is 0 Å². The molecule has 0 spiro atoms. The van der Waals surface area contributed by atoms with Crippen molar-refractivity contribution in [3.63, 3.8) is 0 Å². The van der Waals surface area contributed by atoms with Crippen molar-refractivity contribution >= 4 is 23.1 Å². The van der Waals surface area contributed by atoms with E-state index in [9.17, 15) is 0 Å². The second-order valence-electron chi connectivity index (χ2n) is 4.28. The first-order chi connectivity index (χ1) is 8.33. The molecule has 2 aromatic heterocycles. The molecule has 1 unspecified atom stereocenters. The minimum absolute atomic E-state index is 0.492. The molecule has 0 bridgehead atoms. The zero-order chi connectivity index (χ0) is 11.7. The fraction of sp³-hybridized carbons (Fsp3) is 0.500. The molecular formula is C12H14N2OS2. The quantitative estimate of drug-likeness (QED) is 0.820. The van der Waals surface area contributed by atoms with E-state index in [-0.39, 0.29) is 0 Å². The van der Waals surface area contributed by atoms with Crippen molar-refractivity contribution in [2.45, 2.75) is 36.7 Å². The Balaban J connectivity index is 1.56. The zero-order valence-electron chi connectivity index (χ0n) is 9.63. The van der Waals surface area contributed by atoms with Crippen molar-refractivity contribution in [1.29, 1.82) is 0 Å². The number of rotatable bonds is 5. The van der Waals surface area contributed by atoms with E-state index in [2.05, 4.69) is 34.6 Å². The fourth-order valence-electron chi connectivity index (χ4n) is 1.62. The topological polar surface area (TPSA) is 38.9 Å². The van der Waals surface area contributed by atoms with Crippen molar-refractivity contribution in [2.75, 3.05) is 0 Å². The normalized spacial score (nSPS) is 17.2. The van der Waals surface area contributed by atoms with E-state index in [0.29, 0.717) is 11.2 Å². The van der Waals surface area contributed by atoms with Gasteiger partial charge in [0.25, 0.3) is 0 Å². The smallest absolute Gasteiger partial charge is 0.226 e. The molecule has 90 valence electrons. The maximum atomic E-state index is 5.64. The predicted octanol–water partition coefficient (Wildman–Crippen LogP) is 4.00. The van der Waals surface area contributed by atoms with Gasteiger partial charge in [0.15, 0.2) is 0 Å². The molecule has 0 saturated heterocycles. The Labute approximate surface area is 109 Å². The first kappa shape index (κ1) is 11.3. The molecule has 0 aliphatic heterocycles. The molecule has 0 radical (unpaired) electrons. The highest BCUT2D eigenvalue weighted by Crippen LogP contribution is 2.39. The Morgan fingerprint density at radius 2 is 2.41 bits per heavy atom. The first-order valence-corrected chi connectivity index (χ1v) is 7.73. The van der Waals surface area contributed by atoms with Crippen LogP contribution in [0.25, 0.3) is 0 Å². The van der Waals surface area contributed by atoms with E-state index in [0.717, 1.165) is 17.5 Å². The number of nitrogens with zero attached hydrogens (tertiary/aromatic N) is 2. The van der Waals surface area contributed by atoms with Gasteiger partial charge in [-0.1, -0.05) is 6.07 Å². The molecule has 2 heterocycles. The molecule has 1 aliphatic carbocycles. The van der Waals surface area contributed by atoms with Crippen LogP contribution in [0, 0.1) is 0 Å². The first-order valence-electron chi connectivity index (χ1n) is 5.80. The highest BCUT2D eigenvalue weighted by Gasteiger charge is 2.29. The Kier molecular flexibility index (Phi) is 3.20. The van der Waals surface area contributed by atoms with E-state index >= 15 is 0 Å². The molecule has 3 rings (SSSR count). The third-order valence-electron chi connectivity index (χ3n) is 2.81. The number of thioether (sulfide) groups is 1. The van der Waals surface area contributed by atoms with Crippen LogP contribution in [0.4, 0.5) is 0 Å². The van der Waals surface area contributed by atoms with Gasteiger partial charge in [0.05, 0.1) is 5.75 Å². The summed E-state index contributed by atoms with van der Waals surface area (Å²) >= 11 is 3.65. The van der Waals surface area contributed by atoms with Gasteiger partial charge in [-0.15, -0.1) is 33.3 Å². The molecule has 5 heteroatoms. The lowest BCUT2D eigenvalue weighted by atomic mass is 10.4. The van der Waals surface area contributed by atoms with Crippen LogP contribution in [0.15, 0.2) is 21.9 Å². The number of hydrogen-bond donors (Lipinski definition) is 0. The third kappa shape index (κ3) is 2.72. The summed E-state index contributed by atoms with van der Waals surface area (Å²) in [5, 5.41) is 10.8. The summed E-state index contributed by atoms with van der Waals surface area (Å²) in [4.78, 5) is 1.40. The average Bonchev–Trinajstić information content (AvgIpc) is 2.88. The van der Waals surface area contributed by atoms with Crippen molar-refractivity contribution in [2.24, 2.45) is 0 Å². The van der Waals surface area contributed by atoms with Crippen molar-refractivity contribution in [1.82, 2.24) is 10.2 Å². The number of hydrogen-bond acceptors (Lipinski definition) is 5. The molecule has 1 fully saturated rings. The number of thiophene rings is 1. The average molecular weight is 266 g/mol.